The molecule has 2 N–H and O–H groups in total. The summed E-state index contributed by atoms with van der Waals surface area (Å²) >= 11 is 1.97. The van der Waals surface area contributed by atoms with E-state index in [0.717, 1.165) is 24.0 Å². The smallest absolute Gasteiger partial charge is 0.191 e. The lowest BCUT2D eigenvalue weighted by molar-refractivity contribution is 0.759. The summed E-state index contributed by atoms with van der Waals surface area (Å²) in [6.07, 6.45) is 2.48. The number of hydrogen-bond acceptors (Lipinski definition) is 4. The molecule has 0 unspecified atom stereocenters. The molecule has 27 heavy (non-hydrogen) atoms. The van der Waals surface area contributed by atoms with Gasteiger partial charge >= 0.3 is 0 Å². The second kappa shape index (κ2) is 10.2. The first-order valence-corrected chi connectivity index (χ1v) is 9.74. The summed E-state index contributed by atoms with van der Waals surface area (Å²) in [5.74, 6) is 1.78. The lowest BCUT2D eigenvalue weighted by Crippen LogP contribution is -2.40. The number of halogens is 1. The Bertz CT molecular complexity index is 747. The molecule has 0 aliphatic heterocycles. The largest absolute Gasteiger partial charge is 0.363 e. The van der Waals surface area contributed by atoms with Gasteiger partial charge in [-0.05, 0) is 37.1 Å². The zero-order chi connectivity index (χ0) is 18.4. The predicted molar refractivity (Wildman–Crippen MR) is 126 cm³/mol. The van der Waals surface area contributed by atoms with E-state index in [1.807, 2.05) is 56.0 Å². The molecule has 0 radical (unpaired) electrons. The van der Waals surface area contributed by atoms with Gasteiger partial charge < -0.3 is 15.5 Å². The quantitative estimate of drug-likeness (QED) is 0.347. The molecule has 0 amide bonds. The van der Waals surface area contributed by atoms with Crippen molar-refractivity contribution in [1.82, 2.24) is 15.6 Å². The average Bonchev–Trinajstić information content (AvgIpc) is 3.42. The monoisotopic (exact) mass is 497 g/mol. The highest BCUT2D eigenvalue weighted by Crippen LogP contribution is 2.51. The molecule has 0 saturated heterocycles. The first-order valence-electron chi connectivity index (χ1n) is 8.92. The molecule has 0 bridgehead atoms. The fraction of sp³-hybridized carbons (Fsp3) is 0.400. The van der Waals surface area contributed by atoms with E-state index in [0.29, 0.717) is 11.3 Å². The van der Waals surface area contributed by atoms with Gasteiger partial charge in [0.1, 0.15) is 5.82 Å². The molecule has 7 heteroatoms. The van der Waals surface area contributed by atoms with E-state index >= 15 is 0 Å². The minimum Gasteiger partial charge on any atom is -0.363 e. The van der Waals surface area contributed by atoms with Crippen LogP contribution >= 0.6 is 35.7 Å². The molecule has 5 nitrogen and oxygen atoms in total. The number of nitrogens with one attached hydrogen (secondary N) is 2. The van der Waals surface area contributed by atoms with Gasteiger partial charge in [0.15, 0.2) is 5.96 Å². The maximum atomic E-state index is 4.63. The maximum absolute atomic E-state index is 4.63. The summed E-state index contributed by atoms with van der Waals surface area (Å²) in [7, 11) is 5.81. The zero-order valence-electron chi connectivity index (χ0n) is 16.1. The van der Waals surface area contributed by atoms with Gasteiger partial charge in [-0.15, -0.1) is 35.7 Å². The van der Waals surface area contributed by atoms with E-state index in [1.54, 1.807) is 0 Å². The van der Waals surface area contributed by atoms with Crippen LogP contribution in [-0.2, 0) is 6.54 Å². The predicted octanol–water partition coefficient (Wildman–Crippen LogP) is 3.76. The number of thioether (sulfide) groups is 1. The van der Waals surface area contributed by atoms with E-state index in [2.05, 4.69) is 50.9 Å². The second-order valence-corrected chi connectivity index (χ2v) is 8.30. The molecule has 3 rings (SSSR count). The molecule has 2 aromatic rings. The third-order valence-electron chi connectivity index (χ3n) is 4.37. The molecule has 1 aliphatic rings. The third-order valence-corrected chi connectivity index (χ3v) is 5.87. The van der Waals surface area contributed by atoms with Gasteiger partial charge in [0.25, 0.3) is 0 Å². The molecule has 0 spiro atoms. The first kappa shape index (κ1) is 21.8. The average molecular weight is 497 g/mol. The summed E-state index contributed by atoms with van der Waals surface area (Å²) < 4.78 is 0.294. The molecule has 1 fully saturated rings. The summed E-state index contributed by atoms with van der Waals surface area (Å²) in [5, 5.41) is 6.84. The van der Waals surface area contributed by atoms with Crippen LogP contribution in [0.2, 0.25) is 0 Å². The van der Waals surface area contributed by atoms with Crippen molar-refractivity contribution in [3.63, 3.8) is 0 Å². The Labute approximate surface area is 183 Å². The second-order valence-electron chi connectivity index (χ2n) is 6.76. The van der Waals surface area contributed by atoms with Gasteiger partial charge in [0.05, 0.1) is 12.2 Å². The first-order chi connectivity index (χ1) is 12.6. The van der Waals surface area contributed by atoms with Crippen molar-refractivity contribution in [3.05, 3.63) is 54.2 Å². The van der Waals surface area contributed by atoms with Crippen LogP contribution in [0.1, 0.15) is 18.5 Å². The summed E-state index contributed by atoms with van der Waals surface area (Å²) in [5.41, 5.74) is 0.999. The molecule has 1 aromatic carbocycles. The molecular weight excluding hydrogens is 469 g/mol. The maximum Gasteiger partial charge on any atom is 0.191 e. The molecule has 1 aliphatic carbocycles. The van der Waals surface area contributed by atoms with Gasteiger partial charge in [-0.1, -0.05) is 24.3 Å². The van der Waals surface area contributed by atoms with Crippen LogP contribution in [0, 0.1) is 0 Å². The number of aromatic nitrogens is 1. The van der Waals surface area contributed by atoms with Crippen molar-refractivity contribution in [1.29, 1.82) is 0 Å². The van der Waals surface area contributed by atoms with E-state index < -0.39 is 0 Å². The highest BCUT2D eigenvalue weighted by molar-refractivity contribution is 14.0. The number of benzene rings is 1. The summed E-state index contributed by atoms with van der Waals surface area (Å²) in [6, 6.07) is 16.7. The molecule has 1 saturated carbocycles. The lowest BCUT2D eigenvalue weighted by Gasteiger charge is -2.18. The van der Waals surface area contributed by atoms with Crippen molar-refractivity contribution >= 4 is 47.5 Å². The van der Waals surface area contributed by atoms with Gasteiger partial charge in [-0.3, -0.25) is 4.99 Å². The van der Waals surface area contributed by atoms with Crippen LogP contribution in [-0.4, -0.2) is 43.4 Å². The molecule has 1 heterocycles. The highest BCUT2D eigenvalue weighted by atomic mass is 127. The number of aliphatic imine (C=N–C) groups is 1. The SMILES string of the molecule is CN=C(NCc1cccc(N(C)C)n1)NCC1(Sc2ccccc2)CC1.I. The molecule has 146 valence electrons. The number of anilines is 1. The standard InChI is InChI=1S/C20H27N5S.HI/c1-21-19(22-14-16-8-7-11-18(24-16)25(2)3)23-15-20(12-13-20)26-17-9-5-4-6-10-17;/h4-11H,12-15H2,1-3H3,(H2,21,22,23);1H. The lowest BCUT2D eigenvalue weighted by atomic mass is 10.3. The Balaban J connectivity index is 0.00000261. The highest BCUT2D eigenvalue weighted by Gasteiger charge is 2.43. The van der Waals surface area contributed by atoms with Gasteiger partial charge in [0, 0.05) is 37.3 Å². The van der Waals surface area contributed by atoms with Crippen LogP contribution in [0.4, 0.5) is 5.82 Å². The van der Waals surface area contributed by atoms with Gasteiger partial charge in [-0.25, -0.2) is 4.98 Å². The number of rotatable bonds is 7. The Morgan fingerprint density at radius 3 is 2.48 bits per heavy atom. The van der Waals surface area contributed by atoms with Crippen molar-refractivity contribution in [2.45, 2.75) is 29.0 Å². The Hall–Kier alpha value is -1.48. The van der Waals surface area contributed by atoms with E-state index in [-0.39, 0.29) is 24.0 Å². The number of guanidine groups is 1. The fourth-order valence-corrected chi connectivity index (χ4v) is 3.89. The Kier molecular flexibility index (Phi) is 8.22. The van der Waals surface area contributed by atoms with Gasteiger partial charge in [0.2, 0.25) is 0 Å². The Morgan fingerprint density at radius 1 is 1.11 bits per heavy atom. The van der Waals surface area contributed by atoms with Crippen molar-refractivity contribution in [2.24, 2.45) is 4.99 Å². The minimum absolute atomic E-state index is 0. The number of hydrogen-bond donors (Lipinski definition) is 2. The van der Waals surface area contributed by atoms with E-state index in [4.69, 9.17) is 0 Å². The van der Waals surface area contributed by atoms with E-state index in [1.165, 1.54) is 17.7 Å². The Morgan fingerprint density at radius 2 is 1.85 bits per heavy atom. The van der Waals surface area contributed by atoms with Crippen molar-refractivity contribution < 1.29 is 0 Å². The van der Waals surface area contributed by atoms with E-state index in [9.17, 15) is 0 Å². The summed E-state index contributed by atoms with van der Waals surface area (Å²) in [6.45, 7) is 1.57. The van der Waals surface area contributed by atoms with Crippen molar-refractivity contribution in [2.75, 3.05) is 32.6 Å². The van der Waals surface area contributed by atoms with Gasteiger partial charge in [-0.2, -0.15) is 0 Å². The molecule has 1 aromatic heterocycles. The molecule has 0 atom stereocenters. The van der Waals surface area contributed by atoms with Crippen LogP contribution in [0.5, 0.6) is 0 Å². The van der Waals surface area contributed by atoms with Crippen LogP contribution in [0.3, 0.4) is 0 Å². The molecular formula is C20H28IN5S. The van der Waals surface area contributed by atoms with Crippen molar-refractivity contribution in [3.8, 4) is 0 Å². The van der Waals surface area contributed by atoms with Crippen LogP contribution in [0.15, 0.2) is 58.4 Å². The van der Waals surface area contributed by atoms with Crippen LogP contribution in [0.25, 0.3) is 0 Å². The minimum atomic E-state index is 0. The number of nitrogens with zero attached hydrogens (tertiary/aromatic N) is 3. The zero-order valence-corrected chi connectivity index (χ0v) is 19.3. The summed E-state index contributed by atoms with van der Waals surface area (Å²) in [4.78, 5) is 12.3. The van der Waals surface area contributed by atoms with Crippen LogP contribution < -0.4 is 15.5 Å². The number of pyridine rings is 1. The normalized spacial score (nSPS) is 14.9. The fourth-order valence-electron chi connectivity index (χ4n) is 2.65. The topological polar surface area (TPSA) is 52.6 Å². The third kappa shape index (κ3) is 6.57.